The molecular formula is C12H19N3O2S. The molecule has 2 atom stereocenters. The van der Waals surface area contributed by atoms with Crippen molar-refractivity contribution < 1.29 is 9.90 Å². The average molecular weight is 269 g/mol. The summed E-state index contributed by atoms with van der Waals surface area (Å²) in [4.78, 5) is 20.4. The largest absolute Gasteiger partial charge is 0.465 e. The molecule has 1 fully saturated rings. The third-order valence-corrected chi connectivity index (χ3v) is 4.53. The Morgan fingerprint density at radius 3 is 2.83 bits per heavy atom. The molecule has 0 radical (unpaired) electrons. The van der Waals surface area contributed by atoms with Gasteiger partial charge in [-0.1, -0.05) is 0 Å². The van der Waals surface area contributed by atoms with Crippen molar-refractivity contribution in [2.75, 3.05) is 19.6 Å². The number of thiazole rings is 1. The summed E-state index contributed by atoms with van der Waals surface area (Å²) in [5, 5.41) is 10.1. The molecule has 1 unspecified atom stereocenters. The Bertz CT molecular complexity index is 435. The van der Waals surface area contributed by atoms with Gasteiger partial charge in [-0.2, -0.15) is 0 Å². The summed E-state index contributed by atoms with van der Waals surface area (Å²) in [6.07, 6.45) is 1.08. The van der Waals surface area contributed by atoms with Crippen molar-refractivity contribution in [2.45, 2.75) is 32.9 Å². The van der Waals surface area contributed by atoms with Crippen molar-refractivity contribution in [2.24, 2.45) is 0 Å². The molecule has 0 saturated carbocycles. The Kier molecular flexibility index (Phi) is 3.87. The molecule has 0 aliphatic carbocycles. The number of rotatable bonds is 2. The van der Waals surface area contributed by atoms with Gasteiger partial charge in [0, 0.05) is 36.8 Å². The maximum Gasteiger partial charge on any atom is 0.407 e. The molecule has 1 aromatic heterocycles. The molecule has 2 rings (SSSR count). The van der Waals surface area contributed by atoms with Crippen LogP contribution in [0.4, 0.5) is 4.79 Å². The number of amides is 1. The fourth-order valence-electron chi connectivity index (χ4n) is 2.43. The van der Waals surface area contributed by atoms with Crippen LogP contribution in [0.15, 0.2) is 6.20 Å². The fraction of sp³-hybridized carbons (Fsp3) is 0.667. The number of hydrogen-bond acceptors (Lipinski definition) is 4. The molecule has 5 nitrogen and oxygen atoms in total. The van der Waals surface area contributed by atoms with Crippen LogP contribution in [0.3, 0.4) is 0 Å². The zero-order valence-electron chi connectivity index (χ0n) is 11.0. The van der Waals surface area contributed by atoms with E-state index in [0.29, 0.717) is 13.1 Å². The minimum absolute atomic E-state index is 0.231. The third-order valence-electron chi connectivity index (χ3n) is 3.44. The lowest BCUT2D eigenvalue weighted by atomic mass is 10.1. The number of hydrogen-bond donors (Lipinski definition) is 1. The Morgan fingerprint density at radius 1 is 1.61 bits per heavy atom. The van der Waals surface area contributed by atoms with Gasteiger partial charge in [-0.05, 0) is 20.8 Å². The van der Waals surface area contributed by atoms with E-state index in [9.17, 15) is 4.79 Å². The Hall–Kier alpha value is -1.14. The molecule has 0 bridgehead atoms. The first-order valence-electron chi connectivity index (χ1n) is 6.15. The number of nitrogens with zero attached hydrogens (tertiary/aromatic N) is 3. The summed E-state index contributed by atoms with van der Waals surface area (Å²) in [6.45, 7) is 8.20. The third kappa shape index (κ3) is 2.64. The van der Waals surface area contributed by atoms with E-state index in [4.69, 9.17) is 5.11 Å². The lowest BCUT2D eigenvalue weighted by Crippen LogP contribution is -2.53. The fourth-order valence-corrected chi connectivity index (χ4v) is 3.27. The molecule has 100 valence electrons. The quantitative estimate of drug-likeness (QED) is 0.894. The average Bonchev–Trinajstić information content (AvgIpc) is 2.74. The number of piperazine rings is 1. The van der Waals surface area contributed by atoms with Gasteiger partial charge in [0.15, 0.2) is 0 Å². The van der Waals surface area contributed by atoms with E-state index in [2.05, 4.69) is 30.7 Å². The highest BCUT2D eigenvalue weighted by Gasteiger charge is 2.30. The van der Waals surface area contributed by atoms with E-state index < -0.39 is 6.09 Å². The maximum atomic E-state index is 10.9. The molecular weight excluding hydrogens is 250 g/mol. The van der Waals surface area contributed by atoms with E-state index in [1.165, 1.54) is 9.78 Å². The second-order valence-corrected chi connectivity index (χ2v) is 6.07. The molecule has 1 aromatic rings. The van der Waals surface area contributed by atoms with Crippen LogP contribution in [-0.4, -0.2) is 51.7 Å². The van der Waals surface area contributed by atoms with Gasteiger partial charge in [-0.3, -0.25) is 4.90 Å². The maximum absolute atomic E-state index is 10.9. The smallest absolute Gasteiger partial charge is 0.407 e. The molecule has 18 heavy (non-hydrogen) atoms. The topological polar surface area (TPSA) is 56.7 Å². The van der Waals surface area contributed by atoms with Crippen LogP contribution in [0.1, 0.15) is 29.8 Å². The second-order valence-electron chi connectivity index (χ2n) is 4.80. The number of carbonyl (C=O) groups is 1. The standard InChI is InChI=1S/C12H19N3O2S/c1-8-7-14(12(16)17)4-5-15(8)10(3)11-13-6-9(2)18-11/h6,8,10H,4-5,7H2,1-3H3,(H,16,17)/t8-,10?/m0/s1. The minimum Gasteiger partial charge on any atom is -0.465 e. The first kappa shape index (κ1) is 13.3. The second kappa shape index (κ2) is 5.24. The van der Waals surface area contributed by atoms with Gasteiger partial charge >= 0.3 is 6.09 Å². The summed E-state index contributed by atoms with van der Waals surface area (Å²) in [5.74, 6) is 0. The summed E-state index contributed by atoms with van der Waals surface area (Å²) in [6, 6.07) is 0.490. The highest BCUT2D eigenvalue weighted by Crippen LogP contribution is 2.27. The molecule has 1 N–H and O–H groups in total. The van der Waals surface area contributed by atoms with Crippen LogP contribution in [0.5, 0.6) is 0 Å². The summed E-state index contributed by atoms with van der Waals surface area (Å²) < 4.78 is 0. The van der Waals surface area contributed by atoms with Crippen LogP contribution in [0, 0.1) is 6.92 Å². The normalized spacial score (nSPS) is 23.1. The van der Waals surface area contributed by atoms with Gasteiger partial charge in [0.05, 0.1) is 6.04 Å². The van der Waals surface area contributed by atoms with E-state index in [-0.39, 0.29) is 12.1 Å². The van der Waals surface area contributed by atoms with Crippen molar-refractivity contribution in [3.05, 3.63) is 16.1 Å². The summed E-state index contributed by atoms with van der Waals surface area (Å²) >= 11 is 1.72. The van der Waals surface area contributed by atoms with E-state index in [1.807, 2.05) is 6.20 Å². The molecule has 0 aromatic carbocycles. The van der Waals surface area contributed by atoms with Crippen molar-refractivity contribution >= 4 is 17.4 Å². The number of carboxylic acid groups (broad SMARTS) is 1. The zero-order valence-corrected chi connectivity index (χ0v) is 11.8. The lowest BCUT2D eigenvalue weighted by molar-refractivity contribution is 0.0530. The van der Waals surface area contributed by atoms with Crippen LogP contribution in [0.2, 0.25) is 0 Å². The molecule has 1 saturated heterocycles. The summed E-state index contributed by atoms with van der Waals surface area (Å²) in [5.41, 5.74) is 0. The lowest BCUT2D eigenvalue weighted by Gasteiger charge is -2.41. The highest BCUT2D eigenvalue weighted by atomic mass is 32.1. The van der Waals surface area contributed by atoms with Crippen LogP contribution in [-0.2, 0) is 0 Å². The minimum atomic E-state index is -0.820. The van der Waals surface area contributed by atoms with Crippen LogP contribution in [0.25, 0.3) is 0 Å². The predicted molar refractivity (Wildman–Crippen MR) is 71.0 cm³/mol. The van der Waals surface area contributed by atoms with Gasteiger partial charge in [-0.25, -0.2) is 9.78 Å². The first-order chi connectivity index (χ1) is 8.49. The molecule has 2 heterocycles. The van der Waals surface area contributed by atoms with E-state index in [0.717, 1.165) is 11.6 Å². The Labute approximate surface area is 111 Å². The van der Waals surface area contributed by atoms with Crippen molar-refractivity contribution in [1.29, 1.82) is 0 Å². The molecule has 1 aliphatic rings. The Balaban J connectivity index is 2.04. The number of aryl methyl sites for hydroxylation is 1. The van der Waals surface area contributed by atoms with Crippen molar-refractivity contribution in [3.63, 3.8) is 0 Å². The Morgan fingerprint density at radius 2 is 2.33 bits per heavy atom. The molecule has 1 aliphatic heterocycles. The van der Waals surface area contributed by atoms with E-state index >= 15 is 0 Å². The molecule has 1 amide bonds. The monoisotopic (exact) mass is 269 g/mol. The van der Waals surface area contributed by atoms with Gasteiger partial charge in [0.1, 0.15) is 5.01 Å². The van der Waals surface area contributed by atoms with Crippen LogP contribution >= 0.6 is 11.3 Å². The van der Waals surface area contributed by atoms with Crippen molar-refractivity contribution in [3.8, 4) is 0 Å². The first-order valence-corrected chi connectivity index (χ1v) is 6.96. The van der Waals surface area contributed by atoms with Gasteiger partial charge in [0.25, 0.3) is 0 Å². The molecule has 6 heteroatoms. The summed E-state index contributed by atoms with van der Waals surface area (Å²) in [7, 11) is 0. The van der Waals surface area contributed by atoms with E-state index in [1.54, 1.807) is 11.3 Å². The molecule has 0 spiro atoms. The number of aromatic nitrogens is 1. The van der Waals surface area contributed by atoms with Gasteiger partial charge in [0.2, 0.25) is 0 Å². The SMILES string of the molecule is Cc1cnc(C(C)N2CCN(C(=O)O)C[C@@H]2C)s1. The van der Waals surface area contributed by atoms with Gasteiger partial charge in [-0.15, -0.1) is 11.3 Å². The highest BCUT2D eigenvalue weighted by molar-refractivity contribution is 7.11. The predicted octanol–water partition coefficient (Wildman–Crippen LogP) is 2.20. The zero-order chi connectivity index (χ0) is 13.3. The van der Waals surface area contributed by atoms with Gasteiger partial charge < -0.3 is 10.0 Å². The van der Waals surface area contributed by atoms with Crippen molar-refractivity contribution in [1.82, 2.24) is 14.8 Å². The van der Waals surface area contributed by atoms with Crippen LogP contribution < -0.4 is 0 Å².